The summed E-state index contributed by atoms with van der Waals surface area (Å²) < 4.78 is 5.58. The van der Waals surface area contributed by atoms with E-state index in [9.17, 15) is 4.79 Å². The zero-order chi connectivity index (χ0) is 16.9. The van der Waals surface area contributed by atoms with Crippen molar-refractivity contribution in [2.45, 2.75) is 6.04 Å². The third-order valence-electron chi connectivity index (χ3n) is 5.04. The number of amides is 1. The van der Waals surface area contributed by atoms with E-state index in [0.717, 1.165) is 32.7 Å². The average molecular weight is 332 g/mol. The average Bonchev–Trinajstić information content (AvgIpc) is 2.63. The maximum atomic E-state index is 12.3. The molecule has 0 radical (unpaired) electrons. The molecule has 2 heterocycles. The predicted octanol–water partition coefficient (Wildman–Crippen LogP) is 1.19. The largest absolute Gasteiger partial charge is 0.448 e. The Labute approximate surface area is 144 Å². The van der Waals surface area contributed by atoms with Crippen LogP contribution in [0.5, 0.6) is 0 Å². The van der Waals surface area contributed by atoms with Gasteiger partial charge in [0.2, 0.25) is 0 Å². The van der Waals surface area contributed by atoms with Crippen LogP contribution in [-0.4, -0.2) is 93.4 Å². The summed E-state index contributed by atoms with van der Waals surface area (Å²) in [6.45, 7) is 6.65. The van der Waals surface area contributed by atoms with E-state index in [1.165, 1.54) is 5.69 Å². The summed E-state index contributed by atoms with van der Waals surface area (Å²) in [5.41, 5.74) is 1.22. The Morgan fingerprint density at radius 3 is 2.46 bits per heavy atom. The summed E-state index contributed by atoms with van der Waals surface area (Å²) >= 11 is 0. The minimum absolute atomic E-state index is 0.177. The first-order chi connectivity index (χ1) is 11.6. The number of benzene rings is 1. The summed E-state index contributed by atoms with van der Waals surface area (Å²) in [7, 11) is 4.22. The van der Waals surface area contributed by atoms with E-state index in [1.807, 2.05) is 23.1 Å². The molecule has 2 fully saturated rings. The number of anilines is 1. The molecular formula is C18H28N4O2. The van der Waals surface area contributed by atoms with Crippen molar-refractivity contribution >= 4 is 11.8 Å². The van der Waals surface area contributed by atoms with Gasteiger partial charge in [-0.3, -0.25) is 4.90 Å². The van der Waals surface area contributed by atoms with Gasteiger partial charge in [0.05, 0.1) is 6.04 Å². The molecule has 1 amide bonds. The van der Waals surface area contributed by atoms with Gasteiger partial charge in [-0.1, -0.05) is 18.2 Å². The summed E-state index contributed by atoms with van der Waals surface area (Å²) in [4.78, 5) is 21.0. The molecule has 2 aliphatic rings. The van der Waals surface area contributed by atoms with Crippen LogP contribution >= 0.6 is 0 Å². The highest BCUT2D eigenvalue weighted by atomic mass is 16.6. The van der Waals surface area contributed by atoms with Crippen molar-refractivity contribution in [1.82, 2.24) is 14.7 Å². The maximum absolute atomic E-state index is 12.3. The van der Waals surface area contributed by atoms with Gasteiger partial charge in [-0.15, -0.1) is 0 Å². The van der Waals surface area contributed by atoms with Crippen LogP contribution in [0.1, 0.15) is 0 Å². The van der Waals surface area contributed by atoms with Gasteiger partial charge >= 0.3 is 6.09 Å². The molecule has 24 heavy (non-hydrogen) atoms. The lowest BCUT2D eigenvalue weighted by Gasteiger charge is -2.38. The molecule has 132 valence electrons. The molecule has 1 aromatic rings. The van der Waals surface area contributed by atoms with Crippen molar-refractivity contribution in [3.8, 4) is 0 Å². The molecule has 1 aromatic carbocycles. The van der Waals surface area contributed by atoms with Crippen molar-refractivity contribution < 1.29 is 9.53 Å². The van der Waals surface area contributed by atoms with Crippen molar-refractivity contribution in [1.29, 1.82) is 0 Å². The van der Waals surface area contributed by atoms with E-state index in [0.29, 0.717) is 25.7 Å². The van der Waals surface area contributed by atoms with E-state index in [1.54, 1.807) is 0 Å². The Bertz CT molecular complexity index is 531. The molecule has 1 atom stereocenters. The molecule has 2 saturated heterocycles. The second kappa shape index (κ2) is 7.85. The van der Waals surface area contributed by atoms with E-state index < -0.39 is 0 Å². The van der Waals surface area contributed by atoms with Crippen molar-refractivity contribution in [2.24, 2.45) is 0 Å². The molecule has 6 nitrogen and oxygen atoms in total. The lowest BCUT2D eigenvalue weighted by molar-refractivity contribution is 0.0396. The highest BCUT2D eigenvalue weighted by molar-refractivity contribution is 5.68. The van der Waals surface area contributed by atoms with Crippen LogP contribution in [0.25, 0.3) is 0 Å². The van der Waals surface area contributed by atoms with E-state index >= 15 is 0 Å². The molecule has 0 spiro atoms. The number of carbonyl (C=O) groups excluding carboxylic acids is 1. The Kier molecular flexibility index (Phi) is 5.58. The Morgan fingerprint density at radius 2 is 1.75 bits per heavy atom. The molecule has 0 aliphatic carbocycles. The van der Waals surface area contributed by atoms with Crippen molar-refractivity contribution in [3.63, 3.8) is 0 Å². The van der Waals surface area contributed by atoms with E-state index in [-0.39, 0.29) is 6.09 Å². The molecule has 0 bridgehead atoms. The standard InChI is InChI=1S/C18H28N4O2/c1-19-8-9-20(2)17(14-19)15-24-18(23)22-12-10-21(11-13-22)16-6-4-3-5-7-16/h3-7,17H,8-15H2,1-2H3. The zero-order valence-corrected chi connectivity index (χ0v) is 14.7. The SMILES string of the molecule is CN1CCN(C)C(COC(=O)N2CCN(c3ccccc3)CC2)C1. The fraction of sp³-hybridized carbons (Fsp3) is 0.611. The molecule has 2 aliphatic heterocycles. The molecule has 3 rings (SSSR count). The minimum Gasteiger partial charge on any atom is -0.448 e. The van der Waals surface area contributed by atoms with Crippen molar-refractivity contribution in [3.05, 3.63) is 30.3 Å². The number of ether oxygens (including phenoxy) is 1. The van der Waals surface area contributed by atoms with Gasteiger partial charge in [-0.05, 0) is 26.2 Å². The number of hydrogen-bond donors (Lipinski definition) is 0. The highest BCUT2D eigenvalue weighted by Gasteiger charge is 2.26. The number of rotatable bonds is 3. The normalized spacial score (nSPS) is 23.3. The van der Waals surface area contributed by atoms with Gasteiger partial charge in [0, 0.05) is 51.5 Å². The second-order valence-electron chi connectivity index (χ2n) is 6.78. The Balaban J connectivity index is 1.44. The number of para-hydroxylation sites is 1. The summed E-state index contributed by atoms with van der Waals surface area (Å²) in [5, 5.41) is 0. The smallest absolute Gasteiger partial charge is 0.409 e. The van der Waals surface area contributed by atoms with Crippen LogP contribution < -0.4 is 4.90 Å². The van der Waals surface area contributed by atoms with Crippen LogP contribution in [0, 0.1) is 0 Å². The third-order valence-corrected chi connectivity index (χ3v) is 5.04. The van der Waals surface area contributed by atoms with E-state index in [2.05, 4.69) is 40.9 Å². The molecule has 0 saturated carbocycles. The molecule has 6 heteroatoms. The van der Waals surface area contributed by atoms with Gasteiger partial charge in [0.15, 0.2) is 0 Å². The number of hydrogen-bond acceptors (Lipinski definition) is 5. The predicted molar refractivity (Wildman–Crippen MR) is 95.5 cm³/mol. The van der Waals surface area contributed by atoms with Gasteiger partial charge < -0.3 is 19.4 Å². The van der Waals surface area contributed by atoms with Gasteiger partial charge in [0.1, 0.15) is 6.61 Å². The minimum atomic E-state index is -0.177. The summed E-state index contributed by atoms with van der Waals surface area (Å²) in [6, 6.07) is 10.6. The fourth-order valence-electron chi connectivity index (χ4n) is 3.33. The van der Waals surface area contributed by atoms with Gasteiger partial charge in [-0.25, -0.2) is 4.79 Å². The first kappa shape index (κ1) is 17.0. The topological polar surface area (TPSA) is 39.3 Å². The molecule has 0 aromatic heterocycles. The van der Waals surface area contributed by atoms with Crippen LogP contribution in [0.4, 0.5) is 10.5 Å². The lowest BCUT2D eigenvalue weighted by atomic mass is 10.2. The van der Waals surface area contributed by atoms with Gasteiger partial charge in [-0.2, -0.15) is 0 Å². The first-order valence-electron chi connectivity index (χ1n) is 8.74. The zero-order valence-electron chi connectivity index (χ0n) is 14.7. The van der Waals surface area contributed by atoms with E-state index in [4.69, 9.17) is 4.74 Å². The van der Waals surface area contributed by atoms with Crippen LogP contribution in [-0.2, 0) is 4.74 Å². The number of carbonyl (C=O) groups is 1. The second-order valence-corrected chi connectivity index (χ2v) is 6.78. The third kappa shape index (κ3) is 4.19. The molecule has 0 N–H and O–H groups in total. The first-order valence-corrected chi connectivity index (χ1v) is 8.74. The fourth-order valence-corrected chi connectivity index (χ4v) is 3.33. The van der Waals surface area contributed by atoms with Crippen LogP contribution in [0.15, 0.2) is 30.3 Å². The Hall–Kier alpha value is -1.79. The maximum Gasteiger partial charge on any atom is 0.409 e. The Morgan fingerprint density at radius 1 is 1.04 bits per heavy atom. The number of piperazine rings is 2. The summed E-state index contributed by atoms with van der Waals surface area (Å²) in [5.74, 6) is 0. The molecular weight excluding hydrogens is 304 g/mol. The van der Waals surface area contributed by atoms with Crippen molar-refractivity contribution in [2.75, 3.05) is 71.4 Å². The number of nitrogens with zero attached hydrogens (tertiary/aromatic N) is 4. The molecule has 1 unspecified atom stereocenters. The highest BCUT2D eigenvalue weighted by Crippen LogP contribution is 2.16. The lowest BCUT2D eigenvalue weighted by Crippen LogP contribution is -2.53. The van der Waals surface area contributed by atoms with Gasteiger partial charge in [0.25, 0.3) is 0 Å². The summed E-state index contributed by atoms with van der Waals surface area (Å²) in [6.07, 6.45) is -0.177. The number of likely N-dealkylation sites (N-methyl/N-ethyl adjacent to an activating group) is 2. The van der Waals surface area contributed by atoms with Crippen LogP contribution in [0.3, 0.4) is 0 Å². The quantitative estimate of drug-likeness (QED) is 0.831. The monoisotopic (exact) mass is 332 g/mol. The van der Waals surface area contributed by atoms with Crippen LogP contribution in [0.2, 0.25) is 0 Å².